The average molecular weight is 209 g/mol. The molecule has 1 atom stereocenters. The summed E-state index contributed by atoms with van der Waals surface area (Å²) in [6.07, 6.45) is 6.89. The molecular formula is C15H15N. The standard InChI is InChI=1S/C15H15N/c1-11-8-13-10-12(2)16(15(13)9-11)14-6-4-3-5-7-14/h3-10,15H,1-2H3. The number of allylic oxidation sites excluding steroid dienone is 3. The molecule has 16 heavy (non-hydrogen) atoms. The molecule has 1 aromatic rings. The molecule has 1 aliphatic heterocycles. The fourth-order valence-electron chi connectivity index (χ4n) is 2.58. The van der Waals surface area contributed by atoms with Crippen molar-refractivity contribution in [3.05, 3.63) is 65.4 Å². The largest absolute Gasteiger partial charge is 0.334 e. The summed E-state index contributed by atoms with van der Waals surface area (Å²) in [4.78, 5) is 2.39. The first-order valence-electron chi connectivity index (χ1n) is 5.68. The number of nitrogens with zero attached hydrogens (tertiary/aromatic N) is 1. The van der Waals surface area contributed by atoms with Crippen molar-refractivity contribution in [3.8, 4) is 0 Å². The highest BCUT2D eigenvalue weighted by Crippen LogP contribution is 2.36. The van der Waals surface area contributed by atoms with Crippen LogP contribution >= 0.6 is 0 Å². The second-order valence-electron chi connectivity index (χ2n) is 4.49. The summed E-state index contributed by atoms with van der Waals surface area (Å²) in [5, 5.41) is 0. The van der Waals surface area contributed by atoms with Crippen molar-refractivity contribution in [1.29, 1.82) is 0 Å². The van der Waals surface area contributed by atoms with Crippen LogP contribution in [0, 0.1) is 0 Å². The van der Waals surface area contributed by atoms with E-state index in [2.05, 4.69) is 67.3 Å². The molecule has 0 radical (unpaired) electrons. The van der Waals surface area contributed by atoms with E-state index < -0.39 is 0 Å². The van der Waals surface area contributed by atoms with Gasteiger partial charge in [0.1, 0.15) is 0 Å². The smallest absolute Gasteiger partial charge is 0.0778 e. The second kappa shape index (κ2) is 3.38. The lowest BCUT2D eigenvalue weighted by Crippen LogP contribution is -2.27. The van der Waals surface area contributed by atoms with Gasteiger partial charge in [-0.05, 0) is 37.6 Å². The summed E-state index contributed by atoms with van der Waals surface area (Å²) in [5.41, 5.74) is 5.38. The van der Waals surface area contributed by atoms with Gasteiger partial charge in [-0.1, -0.05) is 35.9 Å². The predicted octanol–water partition coefficient (Wildman–Crippen LogP) is 3.67. The first kappa shape index (κ1) is 9.46. The van der Waals surface area contributed by atoms with Gasteiger partial charge in [0.2, 0.25) is 0 Å². The lowest BCUT2D eigenvalue weighted by Gasteiger charge is -2.26. The third kappa shape index (κ3) is 1.32. The lowest BCUT2D eigenvalue weighted by atomic mass is 10.1. The van der Waals surface area contributed by atoms with E-state index in [1.165, 1.54) is 22.5 Å². The van der Waals surface area contributed by atoms with Crippen LogP contribution in [0.3, 0.4) is 0 Å². The molecule has 0 fully saturated rings. The molecule has 1 aliphatic carbocycles. The molecule has 1 heterocycles. The lowest BCUT2D eigenvalue weighted by molar-refractivity contribution is 0.914. The number of hydrogen-bond donors (Lipinski definition) is 0. The van der Waals surface area contributed by atoms with Gasteiger partial charge in [0.25, 0.3) is 0 Å². The maximum absolute atomic E-state index is 2.39. The molecule has 1 heteroatoms. The molecule has 0 N–H and O–H groups in total. The van der Waals surface area contributed by atoms with Gasteiger partial charge in [0, 0.05) is 11.4 Å². The molecule has 0 aromatic heterocycles. The van der Waals surface area contributed by atoms with E-state index in [4.69, 9.17) is 0 Å². The van der Waals surface area contributed by atoms with Crippen molar-refractivity contribution in [2.45, 2.75) is 19.9 Å². The third-order valence-corrected chi connectivity index (χ3v) is 3.22. The Labute approximate surface area is 96.4 Å². The Hall–Kier alpha value is -1.76. The highest BCUT2D eigenvalue weighted by molar-refractivity contribution is 5.65. The van der Waals surface area contributed by atoms with Crippen LogP contribution in [0.15, 0.2) is 65.4 Å². The molecule has 0 amide bonds. The minimum Gasteiger partial charge on any atom is -0.334 e. The second-order valence-corrected chi connectivity index (χ2v) is 4.49. The fraction of sp³-hybridized carbons (Fsp3) is 0.200. The summed E-state index contributed by atoms with van der Waals surface area (Å²) in [5.74, 6) is 0. The summed E-state index contributed by atoms with van der Waals surface area (Å²) < 4.78 is 0. The van der Waals surface area contributed by atoms with Crippen molar-refractivity contribution in [2.24, 2.45) is 0 Å². The maximum atomic E-state index is 2.39. The Morgan fingerprint density at radius 1 is 1.00 bits per heavy atom. The van der Waals surface area contributed by atoms with Crippen LogP contribution < -0.4 is 4.90 Å². The molecule has 0 saturated carbocycles. The van der Waals surface area contributed by atoms with Gasteiger partial charge < -0.3 is 4.90 Å². The summed E-state index contributed by atoms with van der Waals surface area (Å²) in [6.45, 7) is 4.34. The van der Waals surface area contributed by atoms with Crippen LogP contribution in [0.1, 0.15) is 13.8 Å². The predicted molar refractivity (Wildman–Crippen MR) is 68.3 cm³/mol. The van der Waals surface area contributed by atoms with Gasteiger partial charge in [-0.25, -0.2) is 0 Å². The zero-order valence-corrected chi connectivity index (χ0v) is 9.64. The van der Waals surface area contributed by atoms with Crippen LogP contribution in [0.5, 0.6) is 0 Å². The molecule has 80 valence electrons. The topological polar surface area (TPSA) is 3.24 Å². The normalized spacial score (nSPS) is 22.8. The van der Waals surface area contributed by atoms with Crippen molar-refractivity contribution in [2.75, 3.05) is 4.90 Å². The minimum absolute atomic E-state index is 0.419. The molecule has 3 rings (SSSR count). The summed E-state index contributed by atoms with van der Waals surface area (Å²) in [7, 11) is 0. The van der Waals surface area contributed by atoms with E-state index in [0.717, 1.165) is 0 Å². The molecule has 0 bridgehead atoms. The number of rotatable bonds is 1. The van der Waals surface area contributed by atoms with Gasteiger partial charge in [-0.3, -0.25) is 0 Å². The number of para-hydroxylation sites is 1. The molecule has 2 aliphatic rings. The summed E-state index contributed by atoms with van der Waals surface area (Å²) in [6, 6.07) is 11.0. The van der Waals surface area contributed by atoms with Gasteiger partial charge in [0.15, 0.2) is 0 Å². The van der Waals surface area contributed by atoms with Crippen LogP contribution in [0.4, 0.5) is 5.69 Å². The van der Waals surface area contributed by atoms with Gasteiger partial charge in [-0.15, -0.1) is 0 Å². The molecule has 1 nitrogen and oxygen atoms in total. The molecule has 0 spiro atoms. The molecular weight excluding hydrogens is 194 g/mol. The number of benzene rings is 1. The SMILES string of the molecule is CC1=CC2C(=C1)C=C(C)N2c1ccccc1. The van der Waals surface area contributed by atoms with Gasteiger partial charge >= 0.3 is 0 Å². The zero-order chi connectivity index (χ0) is 11.1. The monoisotopic (exact) mass is 209 g/mol. The Bertz CT molecular complexity index is 505. The van der Waals surface area contributed by atoms with Crippen molar-refractivity contribution < 1.29 is 0 Å². The van der Waals surface area contributed by atoms with Crippen molar-refractivity contribution in [1.82, 2.24) is 0 Å². The zero-order valence-electron chi connectivity index (χ0n) is 9.64. The Kier molecular flexibility index (Phi) is 2.00. The van der Waals surface area contributed by atoms with Crippen LogP contribution in [0.2, 0.25) is 0 Å². The van der Waals surface area contributed by atoms with Crippen molar-refractivity contribution >= 4 is 5.69 Å². The van der Waals surface area contributed by atoms with Gasteiger partial charge in [-0.2, -0.15) is 0 Å². The van der Waals surface area contributed by atoms with E-state index in [9.17, 15) is 0 Å². The van der Waals surface area contributed by atoms with E-state index >= 15 is 0 Å². The van der Waals surface area contributed by atoms with Crippen molar-refractivity contribution in [3.63, 3.8) is 0 Å². The van der Waals surface area contributed by atoms with E-state index in [1.54, 1.807) is 0 Å². The number of fused-ring (bicyclic) bond motifs is 1. The minimum atomic E-state index is 0.419. The average Bonchev–Trinajstić information content (AvgIpc) is 2.74. The first-order valence-corrected chi connectivity index (χ1v) is 5.68. The first-order chi connectivity index (χ1) is 7.75. The quantitative estimate of drug-likeness (QED) is 0.682. The Morgan fingerprint density at radius 2 is 1.75 bits per heavy atom. The van der Waals surface area contributed by atoms with Crippen LogP contribution in [0.25, 0.3) is 0 Å². The van der Waals surface area contributed by atoms with Gasteiger partial charge in [0.05, 0.1) is 6.04 Å². The maximum Gasteiger partial charge on any atom is 0.0778 e. The highest BCUT2D eigenvalue weighted by Gasteiger charge is 2.29. The third-order valence-electron chi connectivity index (χ3n) is 3.22. The van der Waals surface area contributed by atoms with E-state index in [0.29, 0.717) is 6.04 Å². The molecule has 1 unspecified atom stereocenters. The van der Waals surface area contributed by atoms with Crippen LogP contribution in [-0.2, 0) is 0 Å². The number of hydrogen-bond acceptors (Lipinski definition) is 1. The Morgan fingerprint density at radius 3 is 2.50 bits per heavy atom. The fourth-order valence-corrected chi connectivity index (χ4v) is 2.58. The molecule has 1 aromatic carbocycles. The van der Waals surface area contributed by atoms with E-state index in [1.807, 2.05) is 0 Å². The number of anilines is 1. The summed E-state index contributed by atoms with van der Waals surface area (Å²) >= 11 is 0. The van der Waals surface area contributed by atoms with Crippen LogP contribution in [-0.4, -0.2) is 6.04 Å². The highest BCUT2D eigenvalue weighted by atomic mass is 15.2. The Balaban J connectivity index is 2.04. The van der Waals surface area contributed by atoms with E-state index in [-0.39, 0.29) is 0 Å². The molecule has 0 saturated heterocycles.